The molecule has 1 aliphatic rings. The van der Waals surface area contributed by atoms with Crippen molar-refractivity contribution in [2.45, 2.75) is 18.9 Å². The van der Waals surface area contributed by atoms with Gasteiger partial charge >= 0.3 is 0 Å². The van der Waals surface area contributed by atoms with Crippen molar-refractivity contribution in [1.82, 2.24) is 15.3 Å². The summed E-state index contributed by atoms with van der Waals surface area (Å²) >= 11 is 4.16. The van der Waals surface area contributed by atoms with E-state index in [-0.39, 0.29) is 0 Å². The van der Waals surface area contributed by atoms with Crippen molar-refractivity contribution in [3.63, 3.8) is 0 Å². The Morgan fingerprint density at radius 1 is 1.20 bits per heavy atom. The van der Waals surface area contributed by atoms with Crippen LogP contribution in [0.15, 0.2) is 24.3 Å². The summed E-state index contributed by atoms with van der Waals surface area (Å²) in [4.78, 5) is 8.02. The Morgan fingerprint density at radius 2 is 2.00 bits per heavy atom. The van der Waals surface area contributed by atoms with E-state index in [0.29, 0.717) is 6.04 Å². The van der Waals surface area contributed by atoms with E-state index < -0.39 is 0 Å². The van der Waals surface area contributed by atoms with Gasteiger partial charge in [0, 0.05) is 35.5 Å². The largest absolute Gasteiger partial charge is 0.342 e. The first-order chi connectivity index (χ1) is 9.92. The molecule has 108 valence electrons. The average molecular weight is 307 g/mol. The number of imidazole rings is 1. The van der Waals surface area contributed by atoms with Gasteiger partial charge in [-0.3, -0.25) is 0 Å². The maximum Gasteiger partial charge on any atom is 0.107 e. The first-order valence-corrected chi connectivity index (χ1v) is 9.55. The fourth-order valence-electron chi connectivity index (χ4n) is 2.42. The summed E-state index contributed by atoms with van der Waals surface area (Å²) in [7, 11) is 0. The molecule has 20 heavy (non-hydrogen) atoms. The molecule has 2 heterocycles. The summed E-state index contributed by atoms with van der Waals surface area (Å²) in [5.41, 5.74) is 2.22. The third-order valence-electron chi connectivity index (χ3n) is 3.47. The van der Waals surface area contributed by atoms with Crippen molar-refractivity contribution < 1.29 is 0 Å². The molecule has 0 aliphatic carbocycles. The topological polar surface area (TPSA) is 40.7 Å². The van der Waals surface area contributed by atoms with Crippen LogP contribution in [-0.4, -0.2) is 45.6 Å². The number of nitrogens with one attached hydrogen (secondary N) is 2. The molecule has 2 N–H and O–H groups in total. The van der Waals surface area contributed by atoms with Crippen molar-refractivity contribution in [2.75, 3.05) is 29.6 Å². The van der Waals surface area contributed by atoms with Gasteiger partial charge in [-0.25, -0.2) is 4.98 Å². The smallest absolute Gasteiger partial charge is 0.107 e. The lowest BCUT2D eigenvalue weighted by molar-refractivity contribution is 0.579. The van der Waals surface area contributed by atoms with E-state index in [0.717, 1.165) is 36.2 Å². The molecular formula is C15H21N3S2. The van der Waals surface area contributed by atoms with Crippen LogP contribution < -0.4 is 5.32 Å². The zero-order valence-corrected chi connectivity index (χ0v) is 13.2. The highest BCUT2D eigenvalue weighted by Gasteiger charge is 2.11. The van der Waals surface area contributed by atoms with Gasteiger partial charge in [0.15, 0.2) is 0 Å². The highest BCUT2D eigenvalue weighted by Crippen LogP contribution is 2.16. The second-order valence-electron chi connectivity index (χ2n) is 5.11. The van der Waals surface area contributed by atoms with E-state index in [2.05, 4.69) is 50.9 Å². The van der Waals surface area contributed by atoms with Crippen molar-refractivity contribution in [1.29, 1.82) is 0 Å². The maximum absolute atomic E-state index is 4.62. The summed E-state index contributed by atoms with van der Waals surface area (Å²) in [6, 6.07) is 8.92. The number of para-hydroxylation sites is 2. The monoisotopic (exact) mass is 307 g/mol. The molecule has 1 saturated heterocycles. The minimum absolute atomic E-state index is 0.683. The number of aryl methyl sites for hydroxylation is 1. The minimum Gasteiger partial charge on any atom is -0.342 e. The molecule has 1 aromatic carbocycles. The van der Waals surface area contributed by atoms with E-state index in [1.807, 2.05) is 12.1 Å². The van der Waals surface area contributed by atoms with Gasteiger partial charge in [0.2, 0.25) is 0 Å². The summed E-state index contributed by atoms with van der Waals surface area (Å²) in [5.74, 6) is 6.25. The number of hydrogen-bond donors (Lipinski definition) is 2. The second-order valence-corrected chi connectivity index (χ2v) is 7.40. The summed E-state index contributed by atoms with van der Waals surface area (Å²) in [6.45, 7) is 1.09. The van der Waals surface area contributed by atoms with Crippen molar-refractivity contribution in [3.05, 3.63) is 30.1 Å². The molecule has 2 aromatic rings. The van der Waals surface area contributed by atoms with Gasteiger partial charge in [0.1, 0.15) is 5.82 Å². The van der Waals surface area contributed by atoms with Crippen molar-refractivity contribution in [2.24, 2.45) is 0 Å². The second kappa shape index (κ2) is 7.38. The third-order valence-corrected chi connectivity index (χ3v) is 5.99. The molecule has 0 unspecified atom stereocenters. The SMILES string of the molecule is c1ccc2[nH]c(CCCNC3CSCCSC3)nc2c1. The van der Waals surface area contributed by atoms with Crippen LogP contribution in [0.1, 0.15) is 12.2 Å². The number of benzene rings is 1. The van der Waals surface area contributed by atoms with E-state index in [4.69, 9.17) is 0 Å². The molecule has 3 rings (SSSR count). The Labute approximate surface area is 128 Å². The Balaban J connectivity index is 1.43. The lowest BCUT2D eigenvalue weighted by atomic mass is 10.3. The molecule has 0 bridgehead atoms. The molecule has 1 fully saturated rings. The zero-order chi connectivity index (χ0) is 13.6. The van der Waals surface area contributed by atoms with Gasteiger partial charge in [0.25, 0.3) is 0 Å². The highest BCUT2D eigenvalue weighted by molar-refractivity contribution is 8.03. The fourth-order valence-corrected chi connectivity index (χ4v) is 4.89. The van der Waals surface area contributed by atoms with Gasteiger partial charge in [-0.15, -0.1) is 0 Å². The lowest BCUT2D eigenvalue weighted by Gasteiger charge is -2.14. The molecule has 0 amide bonds. The van der Waals surface area contributed by atoms with Crippen molar-refractivity contribution in [3.8, 4) is 0 Å². The summed E-state index contributed by atoms with van der Waals surface area (Å²) in [5, 5.41) is 3.68. The number of aromatic amines is 1. The average Bonchev–Trinajstić information content (AvgIpc) is 2.70. The zero-order valence-electron chi connectivity index (χ0n) is 11.6. The minimum atomic E-state index is 0.683. The van der Waals surface area contributed by atoms with Gasteiger partial charge in [0.05, 0.1) is 11.0 Å². The van der Waals surface area contributed by atoms with E-state index >= 15 is 0 Å². The van der Waals surface area contributed by atoms with Crippen LogP contribution in [0.2, 0.25) is 0 Å². The number of H-pyrrole nitrogens is 1. The summed E-state index contributed by atoms with van der Waals surface area (Å²) in [6.07, 6.45) is 2.17. The van der Waals surface area contributed by atoms with Crippen LogP contribution in [0.25, 0.3) is 11.0 Å². The number of fused-ring (bicyclic) bond motifs is 1. The predicted octanol–water partition coefficient (Wildman–Crippen LogP) is 2.93. The Hall–Kier alpha value is -0.650. The Bertz CT molecular complexity index is 500. The number of hydrogen-bond acceptors (Lipinski definition) is 4. The van der Waals surface area contributed by atoms with E-state index in [1.165, 1.54) is 23.0 Å². The third kappa shape index (κ3) is 3.93. The Kier molecular flexibility index (Phi) is 5.28. The van der Waals surface area contributed by atoms with Gasteiger partial charge in [-0.05, 0) is 25.1 Å². The lowest BCUT2D eigenvalue weighted by Crippen LogP contribution is -2.34. The molecule has 0 saturated carbocycles. The number of rotatable bonds is 5. The molecule has 0 radical (unpaired) electrons. The van der Waals surface area contributed by atoms with Gasteiger partial charge in [-0.1, -0.05) is 12.1 Å². The van der Waals surface area contributed by atoms with Gasteiger partial charge in [-0.2, -0.15) is 23.5 Å². The van der Waals surface area contributed by atoms with Crippen LogP contribution in [0, 0.1) is 0 Å². The number of thioether (sulfide) groups is 2. The normalized spacial score (nSPS) is 17.4. The molecule has 1 aromatic heterocycles. The molecule has 0 spiro atoms. The number of aromatic nitrogens is 2. The molecular weight excluding hydrogens is 286 g/mol. The molecule has 3 nitrogen and oxygen atoms in total. The predicted molar refractivity (Wildman–Crippen MR) is 90.9 cm³/mol. The first-order valence-electron chi connectivity index (χ1n) is 7.24. The van der Waals surface area contributed by atoms with Crippen LogP contribution in [0.3, 0.4) is 0 Å². The fraction of sp³-hybridized carbons (Fsp3) is 0.533. The first kappa shape index (κ1) is 14.3. The molecule has 0 atom stereocenters. The molecule has 5 heteroatoms. The van der Waals surface area contributed by atoms with E-state index in [9.17, 15) is 0 Å². The van der Waals surface area contributed by atoms with Crippen LogP contribution in [0.4, 0.5) is 0 Å². The maximum atomic E-state index is 4.62. The van der Waals surface area contributed by atoms with Crippen LogP contribution in [0.5, 0.6) is 0 Å². The quantitative estimate of drug-likeness (QED) is 0.833. The number of nitrogens with zero attached hydrogens (tertiary/aromatic N) is 1. The van der Waals surface area contributed by atoms with Crippen LogP contribution >= 0.6 is 23.5 Å². The van der Waals surface area contributed by atoms with Crippen LogP contribution in [-0.2, 0) is 6.42 Å². The molecule has 1 aliphatic heterocycles. The summed E-state index contributed by atoms with van der Waals surface area (Å²) < 4.78 is 0. The van der Waals surface area contributed by atoms with E-state index in [1.54, 1.807) is 0 Å². The Morgan fingerprint density at radius 3 is 2.80 bits per heavy atom. The van der Waals surface area contributed by atoms with Crippen molar-refractivity contribution >= 4 is 34.6 Å². The standard InChI is InChI=1S/C15H21N3S2/c1-2-5-14-13(4-1)17-15(18-14)6-3-7-16-12-10-19-8-9-20-11-12/h1-2,4-5,12,16H,3,6-11H2,(H,17,18). The van der Waals surface area contributed by atoms with Gasteiger partial charge < -0.3 is 10.3 Å². The highest BCUT2D eigenvalue weighted by atomic mass is 32.2.